The molecule has 1 aromatic heterocycles. The average Bonchev–Trinajstić information content (AvgIpc) is 3.39. The fraction of sp³-hybridized carbons (Fsp3) is 0.263. The molecule has 0 radical (unpaired) electrons. The minimum atomic E-state index is -0.364. The Bertz CT molecular complexity index is 1820. The first-order valence-electron chi connectivity index (χ1n) is 15.4. The van der Waals surface area contributed by atoms with Crippen LogP contribution < -0.4 is 9.80 Å². The molecule has 0 bridgehead atoms. The van der Waals surface area contributed by atoms with Gasteiger partial charge in [-0.2, -0.15) is 0 Å². The van der Waals surface area contributed by atoms with E-state index in [9.17, 15) is 0 Å². The Kier molecular flexibility index (Phi) is 9.55. The van der Waals surface area contributed by atoms with Crippen LogP contribution in [0.3, 0.4) is 0 Å². The first-order valence-corrected chi connectivity index (χ1v) is 17.8. The zero-order valence-electron chi connectivity index (χ0n) is 26.8. The highest BCUT2D eigenvalue weighted by Gasteiger charge is 2.42. The summed E-state index contributed by atoms with van der Waals surface area (Å²) in [6.07, 6.45) is 1.82. The monoisotopic (exact) mass is 776 g/mol. The topological polar surface area (TPSA) is 31.7 Å². The van der Waals surface area contributed by atoms with Crippen molar-refractivity contribution in [2.24, 2.45) is 4.99 Å². The number of benzene rings is 3. The van der Waals surface area contributed by atoms with Crippen molar-refractivity contribution >= 4 is 72.1 Å². The number of nitrogens with zero attached hydrogens (tertiary/aromatic N) is 4. The third kappa shape index (κ3) is 5.98. The Hall–Kier alpha value is -2.90. The van der Waals surface area contributed by atoms with Crippen LogP contribution in [-0.2, 0) is 0 Å². The van der Waals surface area contributed by atoms with Gasteiger partial charge in [0.25, 0.3) is 0 Å². The molecule has 46 heavy (non-hydrogen) atoms. The minimum absolute atomic E-state index is 0.268. The molecule has 2 aliphatic rings. The van der Waals surface area contributed by atoms with Crippen LogP contribution in [0, 0.1) is 41.5 Å². The van der Waals surface area contributed by atoms with Crippen LogP contribution in [0.5, 0.6) is 0 Å². The zero-order chi connectivity index (χ0) is 32.9. The summed E-state index contributed by atoms with van der Waals surface area (Å²) in [5.74, 6) is 0.721. The Labute approximate surface area is 299 Å². The maximum Gasteiger partial charge on any atom is 0.148 e. The normalized spacial score (nSPS) is 17.6. The lowest BCUT2D eigenvalue weighted by Crippen LogP contribution is -2.35. The van der Waals surface area contributed by atoms with E-state index in [4.69, 9.17) is 33.2 Å². The first kappa shape index (κ1) is 33.0. The third-order valence-electron chi connectivity index (χ3n) is 8.76. The fourth-order valence-corrected chi connectivity index (χ4v) is 9.07. The van der Waals surface area contributed by atoms with Crippen LogP contribution in [0.4, 0.5) is 11.4 Å². The molecule has 0 amide bonds. The lowest BCUT2D eigenvalue weighted by atomic mass is 9.86. The molecule has 2 unspecified atom stereocenters. The highest BCUT2D eigenvalue weighted by molar-refractivity contribution is 9.10. The molecule has 2 aliphatic heterocycles. The molecule has 1 saturated heterocycles. The molecule has 236 valence electrons. The highest BCUT2D eigenvalue weighted by Crippen LogP contribution is 2.47. The van der Waals surface area contributed by atoms with Gasteiger partial charge in [-0.25, -0.2) is 4.99 Å². The van der Waals surface area contributed by atoms with Gasteiger partial charge in [0.1, 0.15) is 11.0 Å². The van der Waals surface area contributed by atoms with Crippen LogP contribution in [0.1, 0.15) is 50.6 Å². The molecule has 6 rings (SSSR count). The Balaban J connectivity index is 1.64. The third-order valence-corrected chi connectivity index (χ3v) is 11.1. The first-order chi connectivity index (χ1) is 22.0. The second-order valence-electron chi connectivity index (χ2n) is 12.3. The summed E-state index contributed by atoms with van der Waals surface area (Å²) in [5, 5.41) is 0.709. The number of alkyl halides is 1. The summed E-state index contributed by atoms with van der Waals surface area (Å²) < 4.78 is 0.901. The van der Waals surface area contributed by atoms with Crippen molar-refractivity contribution < 1.29 is 0 Å². The molecule has 0 spiro atoms. The molecular formula is C38H36Br2Cl2N4. The number of hydrogen-bond donors (Lipinski definition) is 0. The number of anilines is 2. The van der Waals surface area contributed by atoms with Crippen molar-refractivity contribution in [3.05, 3.63) is 144 Å². The van der Waals surface area contributed by atoms with Crippen LogP contribution in [-0.4, -0.2) is 28.6 Å². The molecule has 0 aliphatic carbocycles. The summed E-state index contributed by atoms with van der Waals surface area (Å²) in [7, 11) is 0. The summed E-state index contributed by atoms with van der Waals surface area (Å²) in [6, 6.07) is 23.3. The van der Waals surface area contributed by atoms with Crippen LogP contribution in [0.25, 0.3) is 0 Å². The van der Waals surface area contributed by atoms with E-state index in [2.05, 4.69) is 120 Å². The Morgan fingerprint density at radius 1 is 0.761 bits per heavy atom. The highest BCUT2D eigenvalue weighted by atomic mass is 79.9. The number of halogens is 4. The van der Waals surface area contributed by atoms with Crippen molar-refractivity contribution in [2.75, 3.05) is 22.9 Å². The van der Waals surface area contributed by atoms with E-state index in [1.807, 2.05) is 36.5 Å². The van der Waals surface area contributed by atoms with Gasteiger partial charge in [0.15, 0.2) is 0 Å². The largest absolute Gasteiger partial charge is 0.325 e. The van der Waals surface area contributed by atoms with Crippen molar-refractivity contribution in [1.29, 1.82) is 0 Å². The van der Waals surface area contributed by atoms with Gasteiger partial charge in [-0.1, -0.05) is 105 Å². The number of allylic oxidation sites excluding steroid dienone is 2. The molecule has 3 heterocycles. The average molecular weight is 779 g/mol. The molecule has 2 atom stereocenters. The fourth-order valence-electron chi connectivity index (χ4n) is 7.22. The molecule has 3 aromatic carbocycles. The second kappa shape index (κ2) is 13.3. The number of aliphatic imine (C=N–C) groups is 1. The van der Waals surface area contributed by atoms with E-state index in [0.717, 1.165) is 45.9 Å². The summed E-state index contributed by atoms with van der Waals surface area (Å²) in [6.45, 7) is 14.6. The molecule has 4 nitrogen and oxygen atoms in total. The smallest absolute Gasteiger partial charge is 0.148 e. The standard InChI is InChI=1S/C38H36Br2Cl2N4/c1-21-17-23(3)35(24(4)18-21)45-15-16-46(36-25(5)19-22(2)20-26(36)6)38(45)30-31(40)34(44-37(42)32(30)41)29(27-11-8-7-9-12-27)33-28(39)13-10-14-43-33/h7-14,17-20,29,31H,15-16H2,1-6H3. The van der Waals surface area contributed by atoms with E-state index in [1.165, 1.54) is 44.8 Å². The number of aromatic nitrogens is 1. The van der Waals surface area contributed by atoms with Crippen molar-refractivity contribution in [2.45, 2.75) is 52.3 Å². The maximum atomic E-state index is 7.29. The van der Waals surface area contributed by atoms with E-state index in [-0.39, 0.29) is 15.9 Å². The minimum Gasteiger partial charge on any atom is -0.325 e. The second-order valence-corrected chi connectivity index (χ2v) is 14.8. The van der Waals surface area contributed by atoms with Gasteiger partial charge in [0.05, 0.1) is 27.2 Å². The van der Waals surface area contributed by atoms with Gasteiger partial charge in [0.2, 0.25) is 0 Å². The van der Waals surface area contributed by atoms with Gasteiger partial charge in [-0.3, -0.25) is 4.98 Å². The van der Waals surface area contributed by atoms with Gasteiger partial charge in [-0.15, -0.1) is 0 Å². The van der Waals surface area contributed by atoms with Gasteiger partial charge < -0.3 is 9.80 Å². The van der Waals surface area contributed by atoms with E-state index in [1.54, 1.807) is 0 Å². The molecular weight excluding hydrogens is 743 g/mol. The maximum absolute atomic E-state index is 7.29. The van der Waals surface area contributed by atoms with E-state index in [0.29, 0.717) is 5.03 Å². The van der Waals surface area contributed by atoms with Crippen LogP contribution >= 0.6 is 55.1 Å². The lowest BCUT2D eigenvalue weighted by molar-refractivity contribution is 0.945. The number of rotatable bonds is 5. The number of aryl methyl sites for hydroxylation is 6. The molecule has 4 aromatic rings. The summed E-state index contributed by atoms with van der Waals surface area (Å²) in [5.41, 5.74) is 13.4. The quantitative estimate of drug-likeness (QED) is 0.149. The predicted octanol–water partition coefficient (Wildman–Crippen LogP) is 10.9. The molecule has 8 heteroatoms. The molecule has 1 fully saturated rings. The van der Waals surface area contributed by atoms with Crippen molar-refractivity contribution in [1.82, 2.24) is 4.98 Å². The van der Waals surface area contributed by atoms with Gasteiger partial charge in [0, 0.05) is 40.7 Å². The predicted molar refractivity (Wildman–Crippen MR) is 202 cm³/mol. The summed E-state index contributed by atoms with van der Waals surface area (Å²) in [4.78, 5) is 14.3. The molecule has 0 saturated carbocycles. The Morgan fingerprint density at radius 3 is 1.78 bits per heavy atom. The number of pyridine rings is 1. The van der Waals surface area contributed by atoms with Crippen molar-refractivity contribution in [3.8, 4) is 0 Å². The van der Waals surface area contributed by atoms with E-state index < -0.39 is 0 Å². The SMILES string of the molecule is Cc1cc(C)c(N2CCN(c3c(C)cc(C)cc3C)C2=C2C(Cl)=C(Cl)N=C(C(c3ccccc3)c3ncccc3Br)C2Br)c(C)c1. The number of hydrogen-bond acceptors (Lipinski definition) is 4. The zero-order valence-corrected chi connectivity index (χ0v) is 31.5. The Morgan fingerprint density at radius 2 is 1.28 bits per heavy atom. The van der Waals surface area contributed by atoms with Crippen LogP contribution in [0.2, 0.25) is 0 Å². The van der Waals surface area contributed by atoms with Gasteiger partial charge >= 0.3 is 0 Å². The van der Waals surface area contributed by atoms with E-state index >= 15 is 0 Å². The summed E-state index contributed by atoms with van der Waals surface area (Å²) >= 11 is 22.3. The van der Waals surface area contributed by atoms with Crippen molar-refractivity contribution in [3.63, 3.8) is 0 Å². The van der Waals surface area contributed by atoms with Crippen LogP contribution in [0.15, 0.2) is 104 Å². The molecule has 0 N–H and O–H groups in total. The lowest BCUT2D eigenvalue weighted by Gasteiger charge is -2.35. The van der Waals surface area contributed by atoms with Gasteiger partial charge in [-0.05, 0) is 97.4 Å².